The first-order valence-corrected chi connectivity index (χ1v) is 4.64. The van der Waals surface area contributed by atoms with E-state index in [9.17, 15) is 23.3 Å². The number of carbonyl (C=O) groups is 1. The van der Waals surface area contributed by atoms with Gasteiger partial charge in [-0.05, 0) is 6.07 Å². The van der Waals surface area contributed by atoms with E-state index in [1.807, 2.05) is 0 Å². The van der Waals surface area contributed by atoms with Gasteiger partial charge in [0.15, 0.2) is 0 Å². The van der Waals surface area contributed by atoms with Crippen LogP contribution in [0.2, 0.25) is 0 Å². The van der Waals surface area contributed by atoms with Crippen molar-refractivity contribution in [1.82, 2.24) is 0 Å². The maximum Gasteiger partial charge on any atom is 0.319 e. The number of nitro groups is 1. The van der Waals surface area contributed by atoms with Crippen LogP contribution in [0.3, 0.4) is 0 Å². The number of nitro benzene ring substituents is 1. The van der Waals surface area contributed by atoms with Gasteiger partial charge in [-0.1, -0.05) is 16.5 Å². The minimum absolute atomic E-state index is 0.355. The van der Waals surface area contributed by atoms with Gasteiger partial charge in [0.1, 0.15) is 5.56 Å². The maximum atomic E-state index is 11.1. The van der Waals surface area contributed by atoms with Gasteiger partial charge in [-0.3, -0.25) is 14.9 Å². The monoisotopic (exact) mass is 228 g/mol. The summed E-state index contributed by atoms with van der Waals surface area (Å²) >= 11 is 0. The lowest BCUT2D eigenvalue weighted by Crippen LogP contribution is -2.00. The van der Waals surface area contributed by atoms with E-state index in [0.717, 1.165) is 12.1 Å². The molecule has 0 aromatic heterocycles. The number of amides is 1. The molecule has 0 unspecified atom stereocenters. The fourth-order valence-electron chi connectivity index (χ4n) is 0.931. The molecule has 0 aliphatic rings. The fourth-order valence-corrected chi connectivity index (χ4v) is 1.16. The molecule has 7 nitrogen and oxygen atoms in total. The van der Waals surface area contributed by atoms with Crippen LogP contribution in [0.25, 0.3) is 0 Å². The quantitative estimate of drug-likeness (QED) is 0.549. The van der Waals surface area contributed by atoms with Gasteiger partial charge in [0.05, 0.1) is 4.92 Å². The first-order valence-electron chi connectivity index (χ1n) is 3.61. The number of benzene rings is 1. The molecule has 15 heavy (non-hydrogen) atoms. The summed E-state index contributed by atoms with van der Waals surface area (Å²) in [7, 11) is -2.91. The van der Waals surface area contributed by atoms with Gasteiger partial charge in [-0.15, -0.1) is 0 Å². The van der Waals surface area contributed by atoms with Gasteiger partial charge in [-0.25, -0.2) is 0 Å². The van der Waals surface area contributed by atoms with Gasteiger partial charge >= 0.3 is 10.5 Å². The molecule has 8 heteroatoms. The number of hydrogen-bond acceptors (Lipinski definition) is 5. The topological polar surface area (TPSA) is 107 Å². The molecule has 0 radical (unpaired) electrons. The molecule has 0 fully saturated rings. The van der Waals surface area contributed by atoms with Crippen molar-refractivity contribution in [3.8, 4) is 0 Å². The average molecular weight is 228 g/mol. The van der Waals surface area contributed by atoms with Crippen molar-refractivity contribution in [3.05, 3.63) is 39.9 Å². The van der Waals surface area contributed by atoms with Crippen LogP contribution in [-0.4, -0.2) is 19.2 Å². The molecule has 0 heterocycles. The van der Waals surface area contributed by atoms with E-state index < -0.39 is 27.0 Å². The van der Waals surface area contributed by atoms with E-state index in [0.29, 0.717) is 0 Å². The number of hydrogen-bond donors (Lipinski definition) is 0. The highest BCUT2D eigenvalue weighted by Gasteiger charge is 2.18. The average Bonchev–Trinajstić information content (AvgIpc) is 2.16. The van der Waals surface area contributed by atoms with E-state index in [1.165, 1.54) is 12.1 Å². The van der Waals surface area contributed by atoms with Gasteiger partial charge in [0.25, 0.3) is 11.6 Å². The number of rotatable bonds is 2. The molecule has 0 saturated carbocycles. The Morgan fingerprint density at radius 1 is 1.33 bits per heavy atom. The molecule has 78 valence electrons. The highest BCUT2D eigenvalue weighted by atomic mass is 32.2. The summed E-state index contributed by atoms with van der Waals surface area (Å²) in [5, 5.41) is 10.5. The second kappa shape index (κ2) is 4.42. The lowest BCUT2D eigenvalue weighted by molar-refractivity contribution is -0.385. The highest BCUT2D eigenvalue weighted by molar-refractivity contribution is 7.62. The summed E-state index contributed by atoms with van der Waals surface area (Å²) in [6, 6.07) is 4.97. The van der Waals surface area contributed by atoms with E-state index in [2.05, 4.69) is 4.36 Å². The third-order valence-electron chi connectivity index (χ3n) is 1.49. The normalized spacial score (nSPS) is 9.33. The van der Waals surface area contributed by atoms with Crippen molar-refractivity contribution in [1.29, 1.82) is 0 Å². The van der Waals surface area contributed by atoms with Crippen molar-refractivity contribution in [3.63, 3.8) is 0 Å². The van der Waals surface area contributed by atoms with Crippen LogP contribution in [0.4, 0.5) is 5.69 Å². The van der Waals surface area contributed by atoms with E-state index in [-0.39, 0.29) is 5.56 Å². The number of carbonyl (C=O) groups excluding carboxylic acids is 1. The Kier molecular flexibility index (Phi) is 3.24. The Hall–Kier alpha value is -2.09. The Morgan fingerprint density at radius 3 is 2.47 bits per heavy atom. The van der Waals surface area contributed by atoms with Crippen molar-refractivity contribution >= 4 is 22.1 Å². The van der Waals surface area contributed by atoms with Crippen LogP contribution in [0, 0.1) is 10.1 Å². The summed E-state index contributed by atoms with van der Waals surface area (Å²) in [6.07, 6.45) is 0. The Labute approximate surface area is 85.2 Å². The van der Waals surface area contributed by atoms with Gasteiger partial charge < -0.3 is 0 Å². The van der Waals surface area contributed by atoms with E-state index in [1.54, 1.807) is 0 Å². The molecule has 0 N–H and O–H groups in total. The first-order chi connectivity index (χ1) is 7.02. The van der Waals surface area contributed by atoms with Crippen molar-refractivity contribution < 1.29 is 18.1 Å². The van der Waals surface area contributed by atoms with Crippen molar-refractivity contribution in [2.45, 2.75) is 0 Å². The summed E-state index contributed by atoms with van der Waals surface area (Å²) < 4.78 is 22.9. The first kappa shape index (κ1) is 11.0. The predicted octanol–water partition coefficient (Wildman–Crippen LogP) is 0.798. The van der Waals surface area contributed by atoms with Crippen LogP contribution < -0.4 is 0 Å². The largest absolute Gasteiger partial charge is 0.319 e. The standard InChI is InChI=1S/C7H4N2O5S/c10-7(8-15(13)14)5-3-1-2-4-6(5)9(11)12/h1-4H. The molecule has 1 rings (SSSR count). The zero-order chi connectivity index (χ0) is 11.4. The summed E-state index contributed by atoms with van der Waals surface area (Å²) in [4.78, 5) is 20.8. The highest BCUT2D eigenvalue weighted by Crippen LogP contribution is 2.18. The minimum atomic E-state index is -2.91. The van der Waals surface area contributed by atoms with E-state index in [4.69, 9.17) is 0 Å². The van der Waals surface area contributed by atoms with Crippen LogP contribution in [0.15, 0.2) is 28.6 Å². The molecular formula is C7H4N2O5S. The minimum Gasteiger partial charge on any atom is -0.265 e. The second-order valence-corrected chi connectivity index (χ2v) is 3.00. The summed E-state index contributed by atoms with van der Waals surface area (Å²) in [5.74, 6) is -1.16. The summed E-state index contributed by atoms with van der Waals surface area (Å²) in [6.45, 7) is 0. The molecule has 1 aromatic rings. The lowest BCUT2D eigenvalue weighted by Gasteiger charge is -1.95. The Balaban J connectivity index is 3.31. The zero-order valence-electron chi connectivity index (χ0n) is 7.15. The maximum absolute atomic E-state index is 11.1. The van der Waals surface area contributed by atoms with Gasteiger partial charge in [0.2, 0.25) is 0 Å². The molecular weight excluding hydrogens is 224 g/mol. The Morgan fingerprint density at radius 2 is 1.93 bits per heavy atom. The second-order valence-electron chi connectivity index (χ2n) is 2.39. The summed E-state index contributed by atoms with van der Waals surface area (Å²) in [5.41, 5.74) is -0.830. The Bertz CT molecular complexity index is 540. The van der Waals surface area contributed by atoms with Gasteiger partial charge in [-0.2, -0.15) is 8.42 Å². The SMILES string of the molecule is O=C(N=S(=O)=O)c1ccccc1[N+](=O)[O-]. The van der Waals surface area contributed by atoms with Crippen LogP contribution >= 0.6 is 0 Å². The van der Waals surface area contributed by atoms with Crippen molar-refractivity contribution in [2.75, 3.05) is 0 Å². The number of para-hydroxylation sites is 1. The smallest absolute Gasteiger partial charge is 0.265 e. The van der Waals surface area contributed by atoms with E-state index >= 15 is 0 Å². The third-order valence-corrected chi connectivity index (χ3v) is 1.80. The molecule has 0 bridgehead atoms. The van der Waals surface area contributed by atoms with Crippen LogP contribution in [0.1, 0.15) is 10.4 Å². The molecule has 0 aliphatic heterocycles. The van der Waals surface area contributed by atoms with Crippen LogP contribution in [-0.2, 0) is 10.5 Å². The fraction of sp³-hybridized carbons (Fsp3) is 0. The predicted molar refractivity (Wildman–Crippen MR) is 48.8 cm³/mol. The molecule has 0 atom stereocenters. The molecule has 0 saturated heterocycles. The molecule has 1 aromatic carbocycles. The molecule has 1 amide bonds. The third kappa shape index (κ3) is 2.68. The lowest BCUT2D eigenvalue weighted by atomic mass is 10.2. The zero-order valence-corrected chi connectivity index (χ0v) is 7.97. The number of nitrogens with zero attached hydrogens (tertiary/aromatic N) is 2. The van der Waals surface area contributed by atoms with Crippen molar-refractivity contribution in [2.24, 2.45) is 4.36 Å². The molecule has 0 spiro atoms. The van der Waals surface area contributed by atoms with Crippen LogP contribution in [0.5, 0.6) is 0 Å². The molecule has 0 aliphatic carbocycles. The van der Waals surface area contributed by atoms with Gasteiger partial charge in [0, 0.05) is 6.07 Å².